The lowest BCUT2D eigenvalue weighted by molar-refractivity contribution is -0.113. The van der Waals surface area contributed by atoms with Crippen molar-refractivity contribution in [3.8, 4) is 0 Å². The number of carbonyl (C=O) groups excluding carboxylic acids is 2. The van der Waals surface area contributed by atoms with Gasteiger partial charge in [0.25, 0.3) is 0 Å². The molecule has 27 heavy (non-hydrogen) atoms. The number of halogens is 1. The molecule has 0 aromatic heterocycles. The van der Waals surface area contributed by atoms with Crippen molar-refractivity contribution in [2.24, 2.45) is 5.92 Å². The molecule has 3 heterocycles. The maximum atomic E-state index is 13.4. The topological polar surface area (TPSA) is 82.7 Å². The average molecular weight is 392 g/mol. The molecule has 0 bridgehead atoms. The third kappa shape index (κ3) is 4.03. The SMILES string of the molecule is O=C1CSc2ccc(N3C[C@H](CCNCC4CNC=C4F)OC3=O)cc2N1. The summed E-state index contributed by atoms with van der Waals surface area (Å²) in [5, 5.41) is 8.93. The van der Waals surface area contributed by atoms with Crippen molar-refractivity contribution in [2.45, 2.75) is 17.4 Å². The van der Waals surface area contributed by atoms with Crippen LogP contribution in [0.5, 0.6) is 0 Å². The number of amides is 2. The van der Waals surface area contributed by atoms with Gasteiger partial charge in [0, 0.05) is 35.8 Å². The molecule has 3 aliphatic rings. The van der Waals surface area contributed by atoms with Crippen LogP contribution in [-0.2, 0) is 9.53 Å². The highest BCUT2D eigenvalue weighted by atomic mass is 32.2. The molecule has 0 aliphatic carbocycles. The van der Waals surface area contributed by atoms with Crippen LogP contribution in [-0.4, -0.2) is 50.0 Å². The third-order valence-corrected chi connectivity index (χ3v) is 5.88. The Morgan fingerprint density at radius 3 is 3.07 bits per heavy atom. The first kappa shape index (κ1) is 18.1. The van der Waals surface area contributed by atoms with Crippen molar-refractivity contribution in [1.82, 2.24) is 10.6 Å². The van der Waals surface area contributed by atoms with Gasteiger partial charge in [0.2, 0.25) is 5.91 Å². The van der Waals surface area contributed by atoms with Gasteiger partial charge in [-0.15, -0.1) is 11.8 Å². The van der Waals surface area contributed by atoms with Crippen LogP contribution in [0, 0.1) is 5.92 Å². The normalized spacial score (nSPS) is 24.2. The summed E-state index contributed by atoms with van der Waals surface area (Å²) in [6, 6.07) is 5.59. The van der Waals surface area contributed by atoms with Crippen molar-refractivity contribution in [2.75, 3.05) is 42.1 Å². The van der Waals surface area contributed by atoms with Gasteiger partial charge >= 0.3 is 6.09 Å². The number of nitrogens with zero attached hydrogens (tertiary/aromatic N) is 1. The monoisotopic (exact) mass is 392 g/mol. The zero-order chi connectivity index (χ0) is 18.8. The van der Waals surface area contributed by atoms with E-state index in [0.29, 0.717) is 44.0 Å². The van der Waals surface area contributed by atoms with E-state index in [1.807, 2.05) is 18.2 Å². The number of carbonyl (C=O) groups is 2. The molecule has 3 aliphatic heterocycles. The highest BCUT2D eigenvalue weighted by molar-refractivity contribution is 8.00. The minimum Gasteiger partial charge on any atom is -0.444 e. The summed E-state index contributed by atoms with van der Waals surface area (Å²) in [6.45, 7) is 2.27. The fourth-order valence-electron chi connectivity index (χ4n) is 3.34. The van der Waals surface area contributed by atoms with E-state index in [0.717, 1.165) is 10.6 Å². The molecule has 2 amide bonds. The van der Waals surface area contributed by atoms with Crippen LogP contribution < -0.4 is 20.9 Å². The van der Waals surface area contributed by atoms with Gasteiger partial charge in [-0.05, 0) is 31.2 Å². The quantitative estimate of drug-likeness (QED) is 0.643. The van der Waals surface area contributed by atoms with E-state index in [9.17, 15) is 14.0 Å². The van der Waals surface area contributed by atoms with Gasteiger partial charge in [-0.1, -0.05) is 0 Å². The first-order chi connectivity index (χ1) is 13.1. The number of benzene rings is 1. The first-order valence-electron chi connectivity index (χ1n) is 8.94. The van der Waals surface area contributed by atoms with Crippen molar-refractivity contribution in [3.63, 3.8) is 0 Å². The molecule has 4 rings (SSSR count). The molecular weight excluding hydrogens is 371 g/mol. The molecule has 1 aromatic carbocycles. The maximum Gasteiger partial charge on any atom is 0.414 e. The van der Waals surface area contributed by atoms with E-state index in [-0.39, 0.29) is 29.8 Å². The van der Waals surface area contributed by atoms with Crippen LogP contribution in [0.15, 0.2) is 35.1 Å². The summed E-state index contributed by atoms with van der Waals surface area (Å²) in [5.74, 6) is 0.111. The number of ether oxygens (including phenoxy) is 1. The Morgan fingerprint density at radius 1 is 1.37 bits per heavy atom. The van der Waals surface area contributed by atoms with E-state index in [1.165, 1.54) is 18.0 Å². The van der Waals surface area contributed by atoms with Crippen molar-refractivity contribution in [3.05, 3.63) is 30.2 Å². The Hall–Kier alpha value is -2.26. The van der Waals surface area contributed by atoms with Crippen LogP contribution in [0.25, 0.3) is 0 Å². The molecule has 1 aromatic rings. The summed E-state index contributed by atoms with van der Waals surface area (Å²) >= 11 is 1.48. The van der Waals surface area contributed by atoms with Gasteiger partial charge in [-0.25, -0.2) is 9.18 Å². The highest BCUT2D eigenvalue weighted by Crippen LogP contribution is 2.35. The molecular formula is C18H21FN4O3S. The zero-order valence-corrected chi connectivity index (χ0v) is 15.5. The zero-order valence-electron chi connectivity index (χ0n) is 14.7. The number of fused-ring (bicyclic) bond motifs is 1. The minimum absolute atomic E-state index is 0.0404. The first-order valence-corrected chi connectivity index (χ1v) is 9.93. The van der Waals surface area contributed by atoms with Crippen LogP contribution in [0.2, 0.25) is 0 Å². The molecule has 7 nitrogen and oxygen atoms in total. The lowest BCUT2D eigenvalue weighted by Crippen LogP contribution is -2.30. The van der Waals surface area contributed by atoms with Gasteiger partial charge in [0.1, 0.15) is 11.9 Å². The number of hydrogen-bond acceptors (Lipinski definition) is 6. The van der Waals surface area contributed by atoms with Crippen LogP contribution in [0.3, 0.4) is 0 Å². The van der Waals surface area contributed by atoms with Gasteiger partial charge in [0.15, 0.2) is 0 Å². The summed E-state index contributed by atoms with van der Waals surface area (Å²) in [7, 11) is 0. The number of anilines is 2. The predicted octanol–water partition coefficient (Wildman–Crippen LogP) is 2.07. The fraction of sp³-hybridized carbons (Fsp3) is 0.444. The largest absolute Gasteiger partial charge is 0.444 e. The van der Waals surface area contributed by atoms with Crippen molar-refractivity contribution >= 4 is 35.1 Å². The molecule has 144 valence electrons. The number of thioether (sulfide) groups is 1. The number of cyclic esters (lactones) is 1. The van der Waals surface area contributed by atoms with Crippen LogP contribution in [0.1, 0.15) is 6.42 Å². The van der Waals surface area contributed by atoms with Gasteiger partial charge < -0.3 is 20.7 Å². The smallest absolute Gasteiger partial charge is 0.414 e. The predicted molar refractivity (Wildman–Crippen MR) is 102 cm³/mol. The minimum atomic E-state index is -0.385. The Balaban J connectivity index is 1.29. The molecule has 1 unspecified atom stereocenters. The lowest BCUT2D eigenvalue weighted by atomic mass is 10.1. The van der Waals surface area contributed by atoms with E-state index < -0.39 is 0 Å². The van der Waals surface area contributed by atoms with E-state index in [2.05, 4.69) is 16.0 Å². The molecule has 3 N–H and O–H groups in total. The van der Waals surface area contributed by atoms with E-state index in [1.54, 1.807) is 4.90 Å². The molecule has 0 radical (unpaired) electrons. The lowest BCUT2D eigenvalue weighted by Gasteiger charge is -2.20. The van der Waals surface area contributed by atoms with E-state index in [4.69, 9.17) is 4.74 Å². The maximum absolute atomic E-state index is 13.4. The molecule has 2 atom stereocenters. The summed E-state index contributed by atoms with van der Waals surface area (Å²) in [4.78, 5) is 26.4. The standard InChI is InChI=1S/C18H21FN4O3S/c19-14-8-21-7-11(14)6-20-4-3-13-9-23(18(25)26-13)12-1-2-16-15(5-12)22-17(24)10-27-16/h1-2,5,8,11,13,20-21H,3-4,6-7,9-10H2,(H,22,24)/t11?,13-/m0/s1. The second-order valence-electron chi connectivity index (χ2n) is 6.76. The fourth-order valence-corrected chi connectivity index (χ4v) is 4.13. The van der Waals surface area contributed by atoms with Crippen LogP contribution >= 0.6 is 11.8 Å². The molecule has 0 spiro atoms. The van der Waals surface area contributed by atoms with Gasteiger partial charge in [0.05, 0.1) is 18.0 Å². The molecule has 9 heteroatoms. The average Bonchev–Trinajstić information content (AvgIpc) is 3.23. The van der Waals surface area contributed by atoms with E-state index >= 15 is 0 Å². The number of nitrogens with one attached hydrogen (secondary N) is 3. The second-order valence-corrected chi connectivity index (χ2v) is 7.78. The molecule has 1 saturated heterocycles. The molecule has 0 saturated carbocycles. The Labute approximate surface area is 160 Å². The summed E-state index contributed by atoms with van der Waals surface area (Å²) in [6.07, 6.45) is 1.46. The van der Waals surface area contributed by atoms with Gasteiger partial charge in [-0.2, -0.15) is 0 Å². The van der Waals surface area contributed by atoms with Crippen molar-refractivity contribution < 1.29 is 18.7 Å². The third-order valence-electron chi connectivity index (χ3n) is 4.81. The van der Waals surface area contributed by atoms with Crippen LogP contribution in [0.4, 0.5) is 20.6 Å². The van der Waals surface area contributed by atoms with Crippen molar-refractivity contribution in [1.29, 1.82) is 0 Å². The number of hydrogen-bond donors (Lipinski definition) is 3. The Morgan fingerprint density at radius 2 is 2.26 bits per heavy atom. The second kappa shape index (κ2) is 7.77. The Kier molecular flexibility index (Phi) is 5.22. The summed E-state index contributed by atoms with van der Waals surface area (Å²) < 4.78 is 18.8. The highest BCUT2D eigenvalue weighted by Gasteiger charge is 2.32. The number of rotatable bonds is 6. The Bertz CT molecular complexity index is 788. The summed E-state index contributed by atoms with van der Waals surface area (Å²) in [5.41, 5.74) is 1.44. The van der Waals surface area contributed by atoms with Gasteiger partial charge in [-0.3, -0.25) is 9.69 Å². The molecule has 1 fully saturated rings.